The van der Waals surface area contributed by atoms with Gasteiger partial charge in [0.2, 0.25) is 0 Å². The van der Waals surface area contributed by atoms with Crippen molar-refractivity contribution >= 4 is 5.91 Å². The highest BCUT2D eigenvalue weighted by Crippen LogP contribution is 2.30. The zero-order valence-electron chi connectivity index (χ0n) is 11.3. The summed E-state index contributed by atoms with van der Waals surface area (Å²) in [7, 11) is 3.16. The number of carbonyl (C=O) groups is 1. The van der Waals surface area contributed by atoms with Crippen LogP contribution in [0.4, 0.5) is 13.2 Å². The fourth-order valence-corrected chi connectivity index (χ4v) is 1.67. The maximum absolute atomic E-state index is 12.5. The summed E-state index contributed by atoms with van der Waals surface area (Å²) in [6.07, 6.45) is -1.67. The monoisotopic (exact) mass is 295 g/mol. The maximum atomic E-state index is 12.5. The van der Waals surface area contributed by atoms with E-state index in [4.69, 9.17) is 0 Å². The Morgan fingerprint density at radius 1 is 1.10 bits per heavy atom. The molecule has 2 aromatic rings. The first kappa shape index (κ1) is 15.0. The molecule has 0 spiro atoms. The van der Waals surface area contributed by atoms with Gasteiger partial charge in [-0.3, -0.25) is 9.78 Å². The summed E-state index contributed by atoms with van der Waals surface area (Å²) in [6, 6.07) is 4.54. The van der Waals surface area contributed by atoms with Crippen molar-refractivity contribution in [3.8, 4) is 11.3 Å². The van der Waals surface area contributed by atoms with Crippen LogP contribution >= 0.6 is 0 Å². The smallest absolute Gasteiger partial charge is 0.343 e. The molecular weight excluding hydrogens is 283 g/mol. The van der Waals surface area contributed by atoms with E-state index < -0.39 is 11.7 Å². The Balaban J connectivity index is 2.35. The van der Waals surface area contributed by atoms with Crippen molar-refractivity contribution in [1.82, 2.24) is 14.9 Å². The zero-order valence-corrected chi connectivity index (χ0v) is 11.3. The molecule has 0 aliphatic heterocycles. The second-order valence-electron chi connectivity index (χ2n) is 4.56. The number of alkyl halides is 3. The number of carbonyl (C=O) groups excluding carboxylic acids is 1. The van der Waals surface area contributed by atoms with Crippen molar-refractivity contribution in [3.63, 3.8) is 0 Å². The first-order valence-corrected chi connectivity index (χ1v) is 6.00. The lowest BCUT2D eigenvalue weighted by atomic mass is 10.1. The molecule has 0 fully saturated rings. The molecule has 0 aliphatic rings. The largest absolute Gasteiger partial charge is 0.416 e. The Labute approximate surface area is 119 Å². The maximum Gasteiger partial charge on any atom is 0.416 e. The molecule has 7 heteroatoms. The Hall–Kier alpha value is -2.44. The lowest BCUT2D eigenvalue weighted by molar-refractivity contribution is -0.137. The van der Waals surface area contributed by atoms with E-state index in [1.807, 2.05) is 0 Å². The molecule has 1 heterocycles. The van der Waals surface area contributed by atoms with E-state index in [-0.39, 0.29) is 11.6 Å². The Morgan fingerprint density at radius 2 is 1.71 bits per heavy atom. The molecule has 0 atom stereocenters. The van der Waals surface area contributed by atoms with E-state index in [1.165, 1.54) is 29.4 Å². The molecule has 0 unspecified atom stereocenters. The van der Waals surface area contributed by atoms with Crippen LogP contribution in [0.5, 0.6) is 0 Å². The molecule has 21 heavy (non-hydrogen) atoms. The number of amides is 1. The second kappa shape index (κ2) is 5.51. The van der Waals surface area contributed by atoms with Crippen LogP contribution in [-0.4, -0.2) is 34.9 Å². The molecule has 1 amide bonds. The number of hydrogen-bond donors (Lipinski definition) is 0. The van der Waals surface area contributed by atoms with E-state index in [1.54, 1.807) is 14.1 Å². The number of rotatable bonds is 2. The number of aromatic nitrogens is 2. The standard InChI is InChI=1S/C14H12F3N3O/c1-20(2)13(21)12-8-18-7-11(19-12)9-3-5-10(6-4-9)14(15,16)17/h3-8H,1-2H3. The van der Waals surface area contributed by atoms with Crippen molar-refractivity contribution in [3.05, 3.63) is 47.9 Å². The van der Waals surface area contributed by atoms with Gasteiger partial charge in [-0.2, -0.15) is 13.2 Å². The van der Waals surface area contributed by atoms with Crippen LogP contribution in [0, 0.1) is 0 Å². The van der Waals surface area contributed by atoms with Crippen molar-refractivity contribution in [2.75, 3.05) is 14.1 Å². The van der Waals surface area contributed by atoms with E-state index >= 15 is 0 Å². The van der Waals surface area contributed by atoms with Gasteiger partial charge >= 0.3 is 6.18 Å². The van der Waals surface area contributed by atoms with Crippen molar-refractivity contribution in [2.24, 2.45) is 0 Å². The highest BCUT2D eigenvalue weighted by molar-refractivity contribution is 5.92. The van der Waals surface area contributed by atoms with Gasteiger partial charge in [0.15, 0.2) is 0 Å². The summed E-state index contributed by atoms with van der Waals surface area (Å²) in [5.74, 6) is -0.323. The quantitative estimate of drug-likeness (QED) is 0.856. The van der Waals surface area contributed by atoms with Crippen LogP contribution in [0.2, 0.25) is 0 Å². The van der Waals surface area contributed by atoms with E-state index in [9.17, 15) is 18.0 Å². The predicted octanol–water partition coefficient (Wildman–Crippen LogP) is 2.86. The molecule has 1 aromatic heterocycles. The highest BCUT2D eigenvalue weighted by Gasteiger charge is 2.30. The van der Waals surface area contributed by atoms with Crippen LogP contribution in [0.15, 0.2) is 36.7 Å². The molecule has 0 saturated heterocycles. The summed E-state index contributed by atoms with van der Waals surface area (Å²) in [4.78, 5) is 21.2. The summed E-state index contributed by atoms with van der Waals surface area (Å²) >= 11 is 0. The molecule has 2 rings (SSSR count). The molecule has 0 radical (unpaired) electrons. The molecule has 110 valence electrons. The van der Waals surface area contributed by atoms with Gasteiger partial charge < -0.3 is 4.90 Å². The van der Waals surface area contributed by atoms with E-state index in [0.29, 0.717) is 11.3 Å². The fraction of sp³-hybridized carbons (Fsp3) is 0.214. The Kier molecular flexibility index (Phi) is 3.93. The van der Waals surface area contributed by atoms with Crippen LogP contribution in [-0.2, 0) is 6.18 Å². The third-order valence-corrected chi connectivity index (χ3v) is 2.77. The van der Waals surface area contributed by atoms with Gasteiger partial charge in [-0.05, 0) is 12.1 Å². The third kappa shape index (κ3) is 3.36. The summed E-state index contributed by atoms with van der Waals surface area (Å²) in [6.45, 7) is 0. The first-order valence-electron chi connectivity index (χ1n) is 6.00. The van der Waals surface area contributed by atoms with Gasteiger partial charge in [-0.15, -0.1) is 0 Å². The van der Waals surface area contributed by atoms with E-state index in [0.717, 1.165) is 12.1 Å². The fourth-order valence-electron chi connectivity index (χ4n) is 1.67. The molecule has 1 aromatic carbocycles. The third-order valence-electron chi connectivity index (χ3n) is 2.77. The first-order chi connectivity index (χ1) is 9.79. The number of benzene rings is 1. The second-order valence-corrected chi connectivity index (χ2v) is 4.56. The Morgan fingerprint density at radius 3 is 2.24 bits per heavy atom. The number of halogens is 3. The lowest BCUT2D eigenvalue weighted by Gasteiger charge is -2.10. The molecule has 0 bridgehead atoms. The van der Waals surface area contributed by atoms with Gasteiger partial charge in [0, 0.05) is 19.7 Å². The SMILES string of the molecule is CN(C)C(=O)c1cncc(-c2ccc(C(F)(F)F)cc2)n1. The normalized spacial score (nSPS) is 11.3. The molecule has 0 aliphatic carbocycles. The average Bonchev–Trinajstić information content (AvgIpc) is 2.46. The van der Waals surface area contributed by atoms with Crippen molar-refractivity contribution in [2.45, 2.75) is 6.18 Å². The summed E-state index contributed by atoms with van der Waals surface area (Å²) in [5.41, 5.74) is 0.206. The minimum atomic E-state index is -4.38. The number of nitrogens with zero attached hydrogens (tertiary/aromatic N) is 3. The summed E-state index contributed by atoms with van der Waals surface area (Å²) in [5, 5.41) is 0. The molecule has 0 saturated carbocycles. The van der Waals surface area contributed by atoms with Crippen LogP contribution in [0.25, 0.3) is 11.3 Å². The molecule has 4 nitrogen and oxygen atoms in total. The average molecular weight is 295 g/mol. The minimum absolute atomic E-state index is 0.136. The van der Waals surface area contributed by atoms with Gasteiger partial charge in [-0.1, -0.05) is 12.1 Å². The van der Waals surface area contributed by atoms with Crippen LogP contribution in [0.3, 0.4) is 0 Å². The van der Waals surface area contributed by atoms with Crippen LogP contribution in [0.1, 0.15) is 16.1 Å². The molecular formula is C14H12F3N3O. The van der Waals surface area contributed by atoms with Crippen molar-refractivity contribution in [1.29, 1.82) is 0 Å². The summed E-state index contributed by atoms with van der Waals surface area (Å²) < 4.78 is 37.5. The Bertz CT molecular complexity index is 651. The lowest BCUT2D eigenvalue weighted by Crippen LogP contribution is -2.23. The van der Waals surface area contributed by atoms with E-state index in [2.05, 4.69) is 9.97 Å². The number of hydrogen-bond acceptors (Lipinski definition) is 3. The topological polar surface area (TPSA) is 46.1 Å². The van der Waals surface area contributed by atoms with Gasteiger partial charge in [0.1, 0.15) is 5.69 Å². The zero-order chi connectivity index (χ0) is 15.6. The van der Waals surface area contributed by atoms with Crippen LogP contribution < -0.4 is 0 Å². The van der Waals surface area contributed by atoms with Crippen molar-refractivity contribution < 1.29 is 18.0 Å². The highest BCUT2D eigenvalue weighted by atomic mass is 19.4. The van der Waals surface area contributed by atoms with Gasteiger partial charge in [0.25, 0.3) is 5.91 Å². The minimum Gasteiger partial charge on any atom is -0.343 e. The van der Waals surface area contributed by atoms with Gasteiger partial charge in [-0.25, -0.2) is 4.98 Å². The predicted molar refractivity (Wildman–Crippen MR) is 70.5 cm³/mol. The molecule has 0 N–H and O–H groups in total. The van der Waals surface area contributed by atoms with Gasteiger partial charge in [0.05, 0.1) is 23.7 Å².